The number of benzene rings is 2. The van der Waals surface area contributed by atoms with E-state index in [9.17, 15) is 14.7 Å². The van der Waals surface area contributed by atoms with Gasteiger partial charge in [-0.05, 0) is 28.5 Å². The van der Waals surface area contributed by atoms with Gasteiger partial charge in [-0.1, -0.05) is 44.2 Å². The zero-order chi connectivity index (χ0) is 22.6. The molecule has 6 rings (SSSR count). The van der Waals surface area contributed by atoms with Gasteiger partial charge in [0, 0.05) is 22.4 Å². The largest absolute Gasteiger partial charge is 0.458 e. The van der Waals surface area contributed by atoms with Crippen LogP contribution in [-0.4, -0.2) is 20.6 Å². The maximum atomic E-state index is 13.1. The molecule has 0 radical (unpaired) electrons. The van der Waals surface area contributed by atoms with E-state index in [4.69, 9.17) is 21.3 Å². The number of esters is 1. The van der Waals surface area contributed by atoms with Crippen LogP contribution in [0.25, 0.3) is 33.1 Å². The Morgan fingerprint density at radius 2 is 1.91 bits per heavy atom. The fraction of sp³-hybridized carbons (Fsp3) is 0.240. The zero-order valence-electron chi connectivity index (χ0n) is 18.2. The third kappa shape index (κ3) is 3.34. The number of carbonyl (C=O) groups is 1. The highest BCUT2D eigenvalue weighted by atomic mass is 35.5. The Kier molecular flexibility index (Phi) is 6.22. The molecule has 0 spiro atoms. The smallest absolute Gasteiger partial charge is 0.340 e. The second kappa shape index (κ2) is 8.82. The quantitative estimate of drug-likeness (QED) is 0.215. The lowest BCUT2D eigenvalue weighted by atomic mass is 9.96. The minimum atomic E-state index is -1.46. The SMILES string of the molecule is CC.O=C1OCc2c(cc3n(c2=O)Cc2c-3nc3ccc4ccccc4c3c2CCl)C1O.S. The first kappa shape index (κ1) is 23.3. The highest BCUT2D eigenvalue weighted by molar-refractivity contribution is 7.59. The lowest BCUT2D eigenvalue weighted by Gasteiger charge is -2.21. The molecule has 6 nitrogen and oxygen atoms in total. The summed E-state index contributed by atoms with van der Waals surface area (Å²) in [5, 5.41) is 13.4. The average molecular weight is 483 g/mol. The van der Waals surface area contributed by atoms with Crippen LogP contribution in [0.4, 0.5) is 0 Å². The topological polar surface area (TPSA) is 81.4 Å². The summed E-state index contributed by atoms with van der Waals surface area (Å²) < 4.78 is 6.58. The molecule has 2 aliphatic heterocycles. The van der Waals surface area contributed by atoms with Crippen molar-refractivity contribution in [1.82, 2.24) is 9.55 Å². The van der Waals surface area contributed by atoms with E-state index in [0.717, 1.165) is 32.8 Å². The van der Waals surface area contributed by atoms with Crippen LogP contribution in [0.2, 0.25) is 0 Å². The number of hydrogen-bond acceptors (Lipinski definition) is 5. The number of fused-ring (bicyclic) bond motifs is 7. The molecule has 0 bridgehead atoms. The number of hydrogen-bond donors (Lipinski definition) is 1. The van der Waals surface area contributed by atoms with Gasteiger partial charge >= 0.3 is 5.97 Å². The van der Waals surface area contributed by atoms with Crippen molar-refractivity contribution < 1.29 is 14.6 Å². The summed E-state index contributed by atoms with van der Waals surface area (Å²) in [6.45, 7) is 4.21. The molecule has 2 aliphatic rings. The number of carbonyl (C=O) groups excluding carboxylic acids is 1. The molecule has 0 saturated carbocycles. The van der Waals surface area contributed by atoms with Gasteiger partial charge in [0.1, 0.15) is 6.61 Å². The molecule has 4 heterocycles. The predicted molar refractivity (Wildman–Crippen MR) is 134 cm³/mol. The van der Waals surface area contributed by atoms with E-state index in [1.54, 1.807) is 10.6 Å². The van der Waals surface area contributed by atoms with Crippen molar-refractivity contribution in [1.29, 1.82) is 0 Å². The van der Waals surface area contributed by atoms with Crippen molar-refractivity contribution in [2.75, 3.05) is 0 Å². The first-order valence-corrected chi connectivity index (χ1v) is 11.1. The third-order valence-electron chi connectivity index (χ3n) is 6.10. The first-order chi connectivity index (χ1) is 15.6. The van der Waals surface area contributed by atoms with Gasteiger partial charge in [0.25, 0.3) is 5.56 Å². The molecule has 0 fully saturated rings. The standard InChI is InChI=1S/C23H15ClN2O4.C2H6.H2S/c24-8-14-15-9-26-18(7-13-16(22(26)28)10-30-23(29)21(13)27)20(15)25-17-6-5-11-3-1-2-4-12(11)19(14)17;1-2;/h1-7,21,27H,8-10H2;1-2H3;1H2. The summed E-state index contributed by atoms with van der Waals surface area (Å²) in [5.41, 5.74) is 4.22. The van der Waals surface area contributed by atoms with E-state index >= 15 is 0 Å². The normalized spacial score (nSPS) is 15.6. The summed E-state index contributed by atoms with van der Waals surface area (Å²) in [5.74, 6) is -0.466. The van der Waals surface area contributed by atoms with E-state index in [-0.39, 0.29) is 31.5 Å². The molecule has 4 aromatic rings. The van der Waals surface area contributed by atoms with Crippen LogP contribution in [0.3, 0.4) is 0 Å². The fourth-order valence-electron chi connectivity index (χ4n) is 4.64. The van der Waals surface area contributed by atoms with Gasteiger partial charge in [-0.15, -0.1) is 11.6 Å². The van der Waals surface area contributed by atoms with Crippen LogP contribution in [0.15, 0.2) is 47.3 Å². The van der Waals surface area contributed by atoms with E-state index in [2.05, 4.69) is 0 Å². The fourth-order valence-corrected chi connectivity index (χ4v) is 4.93. The second-order valence-electron chi connectivity index (χ2n) is 7.60. The Morgan fingerprint density at radius 3 is 2.67 bits per heavy atom. The van der Waals surface area contributed by atoms with Gasteiger partial charge in [-0.3, -0.25) is 4.79 Å². The highest BCUT2D eigenvalue weighted by Crippen LogP contribution is 2.40. The molecular weight excluding hydrogens is 460 g/mol. The molecule has 1 atom stereocenters. The molecule has 2 aromatic heterocycles. The summed E-state index contributed by atoms with van der Waals surface area (Å²) in [6, 6.07) is 13.7. The van der Waals surface area contributed by atoms with E-state index in [1.165, 1.54) is 0 Å². The van der Waals surface area contributed by atoms with E-state index < -0.39 is 12.1 Å². The van der Waals surface area contributed by atoms with Crippen molar-refractivity contribution in [2.24, 2.45) is 0 Å². The Balaban J connectivity index is 0.000000842. The number of pyridine rings is 2. The number of ether oxygens (including phenoxy) is 1. The molecule has 1 N–H and O–H groups in total. The average Bonchev–Trinajstić information content (AvgIpc) is 3.20. The number of halogens is 1. The van der Waals surface area contributed by atoms with Crippen LogP contribution < -0.4 is 5.56 Å². The van der Waals surface area contributed by atoms with Crippen molar-refractivity contribution in [3.63, 3.8) is 0 Å². The second-order valence-corrected chi connectivity index (χ2v) is 7.86. The highest BCUT2D eigenvalue weighted by Gasteiger charge is 2.34. The minimum absolute atomic E-state index is 0. The lowest BCUT2D eigenvalue weighted by molar-refractivity contribution is -0.157. The molecule has 0 saturated heterocycles. The molecule has 2 aromatic carbocycles. The summed E-state index contributed by atoms with van der Waals surface area (Å²) >= 11 is 6.42. The van der Waals surface area contributed by atoms with Gasteiger partial charge in [0.05, 0.1) is 29.0 Å². The number of cyclic esters (lactones) is 1. The van der Waals surface area contributed by atoms with Crippen LogP contribution in [0.1, 0.15) is 42.2 Å². The number of rotatable bonds is 1. The van der Waals surface area contributed by atoms with Gasteiger partial charge in [-0.25, -0.2) is 9.78 Å². The van der Waals surface area contributed by atoms with E-state index in [0.29, 0.717) is 29.1 Å². The molecular formula is C25H23ClN2O4S. The summed E-state index contributed by atoms with van der Waals surface area (Å²) in [7, 11) is 0. The van der Waals surface area contributed by atoms with Gasteiger partial charge in [-0.2, -0.15) is 13.5 Å². The van der Waals surface area contributed by atoms with Crippen molar-refractivity contribution in [3.05, 3.63) is 75.1 Å². The molecule has 1 unspecified atom stereocenters. The Hall–Kier alpha value is -2.87. The third-order valence-corrected chi connectivity index (χ3v) is 6.36. The Labute approximate surface area is 202 Å². The Bertz CT molecular complexity index is 1480. The minimum Gasteiger partial charge on any atom is -0.458 e. The first-order valence-electron chi connectivity index (χ1n) is 10.6. The molecule has 8 heteroatoms. The number of nitrogens with zero attached hydrogens (tertiary/aromatic N) is 2. The molecule has 170 valence electrons. The van der Waals surface area contributed by atoms with Crippen molar-refractivity contribution in [3.8, 4) is 11.4 Å². The molecule has 0 aliphatic carbocycles. The van der Waals surface area contributed by atoms with Gasteiger partial charge in [0.15, 0.2) is 6.10 Å². The van der Waals surface area contributed by atoms with Crippen LogP contribution in [0, 0.1) is 0 Å². The van der Waals surface area contributed by atoms with Crippen molar-refractivity contribution >= 4 is 52.7 Å². The number of alkyl halides is 1. The lowest BCUT2D eigenvalue weighted by Crippen LogP contribution is -2.32. The number of aromatic nitrogens is 2. The van der Waals surface area contributed by atoms with Crippen molar-refractivity contribution in [2.45, 2.75) is 39.0 Å². The summed E-state index contributed by atoms with van der Waals surface area (Å²) in [6.07, 6.45) is -1.46. The number of aliphatic hydroxyl groups excluding tert-OH is 1. The zero-order valence-corrected chi connectivity index (χ0v) is 19.9. The Morgan fingerprint density at radius 1 is 1.15 bits per heavy atom. The number of aliphatic hydroxyl groups is 1. The van der Waals surface area contributed by atoms with Crippen LogP contribution in [-0.2, 0) is 28.6 Å². The van der Waals surface area contributed by atoms with Crippen LogP contribution >= 0.6 is 25.1 Å². The molecule has 33 heavy (non-hydrogen) atoms. The van der Waals surface area contributed by atoms with Gasteiger partial charge in [0.2, 0.25) is 0 Å². The predicted octanol–water partition coefficient (Wildman–Crippen LogP) is 4.55. The van der Waals surface area contributed by atoms with Gasteiger partial charge < -0.3 is 14.4 Å². The van der Waals surface area contributed by atoms with Crippen LogP contribution in [0.5, 0.6) is 0 Å². The monoisotopic (exact) mass is 482 g/mol. The summed E-state index contributed by atoms with van der Waals surface area (Å²) in [4.78, 5) is 29.8. The van der Waals surface area contributed by atoms with E-state index in [1.807, 2.05) is 50.2 Å². The molecule has 0 amide bonds. The maximum absolute atomic E-state index is 13.1. The maximum Gasteiger partial charge on any atom is 0.340 e.